The Morgan fingerprint density at radius 1 is 1.09 bits per heavy atom. The second-order valence-electron chi connectivity index (χ2n) is 5.09. The Labute approximate surface area is 141 Å². The van der Waals surface area contributed by atoms with E-state index in [2.05, 4.69) is 21.0 Å². The molecule has 0 aromatic carbocycles. The van der Waals surface area contributed by atoms with Gasteiger partial charge in [0.15, 0.2) is 11.9 Å². The zero-order valence-corrected chi connectivity index (χ0v) is 13.9. The van der Waals surface area contributed by atoms with Gasteiger partial charge in [-0.15, -0.1) is 22.7 Å². The lowest BCUT2D eigenvalue weighted by Gasteiger charge is -2.10. The van der Waals surface area contributed by atoms with E-state index in [4.69, 9.17) is 10.7 Å². The molecule has 114 valence electrons. The monoisotopic (exact) mass is 339 g/mol. The number of thiophene rings is 1. The molecule has 0 fully saturated rings. The Kier molecular flexibility index (Phi) is 3.51. The van der Waals surface area contributed by atoms with Gasteiger partial charge in [-0.05, 0) is 30.0 Å². The fourth-order valence-electron chi connectivity index (χ4n) is 2.52. The molecule has 0 aliphatic carbocycles. The van der Waals surface area contributed by atoms with Crippen molar-refractivity contribution in [2.24, 2.45) is 15.7 Å². The summed E-state index contributed by atoms with van der Waals surface area (Å²) in [5.41, 5.74) is 9.13. The number of pyridine rings is 1. The van der Waals surface area contributed by atoms with E-state index >= 15 is 0 Å². The van der Waals surface area contributed by atoms with Gasteiger partial charge in [0.25, 0.3) is 0 Å². The van der Waals surface area contributed by atoms with E-state index in [0.717, 1.165) is 26.7 Å². The first-order valence-electron chi connectivity index (χ1n) is 7.05. The van der Waals surface area contributed by atoms with Gasteiger partial charge in [0.1, 0.15) is 10.8 Å². The molecule has 1 aliphatic heterocycles. The molecule has 2 N–H and O–H groups in total. The van der Waals surface area contributed by atoms with Crippen LogP contribution in [0.15, 0.2) is 51.3 Å². The molecule has 1 aliphatic rings. The molecule has 23 heavy (non-hydrogen) atoms. The van der Waals surface area contributed by atoms with Crippen molar-refractivity contribution in [1.29, 1.82) is 0 Å². The Morgan fingerprint density at radius 2 is 2.00 bits per heavy atom. The van der Waals surface area contributed by atoms with Gasteiger partial charge in [-0.2, -0.15) is 0 Å². The molecule has 3 aromatic rings. The molecule has 0 saturated carbocycles. The molecule has 3 aromatic heterocycles. The van der Waals surface area contributed by atoms with Gasteiger partial charge in [-0.25, -0.2) is 15.0 Å². The van der Waals surface area contributed by atoms with Crippen LogP contribution in [0.3, 0.4) is 0 Å². The van der Waals surface area contributed by atoms with Crippen LogP contribution in [0.1, 0.15) is 27.1 Å². The summed E-state index contributed by atoms with van der Waals surface area (Å²) in [6.07, 6.45) is 3.51. The summed E-state index contributed by atoms with van der Waals surface area (Å²) in [7, 11) is 0. The maximum Gasteiger partial charge on any atom is 0.163 e. The topological polar surface area (TPSA) is 76.5 Å². The van der Waals surface area contributed by atoms with Crippen molar-refractivity contribution in [2.45, 2.75) is 13.0 Å². The SMILES string of the molecule is Cc1ccnc2c1C(c1cccs1)=NC(c1nccs1)C(N)=N2. The highest BCUT2D eigenvalue weighted by molar-refractivity contribution is 7.12. The quantitative estimate of drug-likeness (QED) is 0.776. The van der Waals surface area contributed by atoms with Crippen LogP contribution in [0.25, 0.3) is 0 Å². The van der Waals surface area contributed by atoms with E-state index in [1.54, 1.807) is 23.7 Å². The number of aliphatic imine (C=N–C) groups is 2. The van der Waals surface area contributed by atoms with Crippen molar-refractivity contribution in [3.8, 4) is 0 Å². The lowest BCUT2D eigenvalue weighted by Crippen LogP contribution is -2.20. The second-order valence-corrected chi connectivity index (χ2v) is 6.96. The fraction of sp³-hybridized carbons (Fsp3) is 0.125. The zero-order chi connectivity index (χ0) is 15.8. The highest BCUT2D eigenvalue weighted by Crippen LogP contribution is 2.32. The lowest BCUT2D eigenvalue weighted by molar-refractivity contribution is 0.933. The molecule has 0 spiro atoms. The summed E-state index contributed by atoms with van der Waals surface area (Å²) >= 11 is 3.17. The number of hydrogen-bond acceptors (Lipinski definition) is 7. The number of fused-ring (bicyclic) bond motifs is 1. The van der Waals surface area contributed by atoms with E-state index in [0.29, 0.717) is 11.7 Å². The molecule has 0 amide bonds. The highest BCUT2D eigenvalue weighted by Gasteiger charge is 2.26. The van der Waals surface area contributed by atoms with Crippen LogP contribution in [0.5, 0.6) is 0 Å². The third-order valence-electron chi connectivity index (χ3n) is 3.59. The number of amidine groups is 1. The van der Waals surface area contributed by atoms with Crippen LogP contribution in [-0.2, 0) is 0 Å². The Morgan fingerprint density at radius 3 is 2.74 bits per heavy atom. The smallest absolute Gasteiger partial charge is 0.163 e. The third kappa shape index (κ3) is 2.47. The first-order valence-corrected chi connectivity index (χ1v) is 8.81. The molecule has 7 heteroatoms. The zero-order valence-electron chi connectivity index (χ0n) is 12.3. The van der Waals surface area contributed by atoms with Crippen LogP contribution in [0.2, 0.25) is 0 Å². The summed E-state index contributed by atoms with van der Waals surface area (Å²) in [5.74, 6) is 1.04. The third-order valence-corrected chi connectivity index (χ3v) is 5.29. The largest absolute Gasteiger partial charge is 0.385 e. The Balaban J connectivity index is 1.99. The van der Waals surface area contributed by atoms with Gasteiger partial charge in [0.2, 0.25) is 0 Å². The van der Waals surface area contributed by atoms with Crippen LogP contribution in [0.4, 0.5) is 5.82 Å². The van der Waals surface area contributed by atoms with E-state index in [1.807, 2.05) is 29.8 Å². The maximum absolute atomic E-state index is 6.22. The average molecular weight is 339 g/mol. The van der Waals surface area contributed by atoms with Gasteiger partial charge in [0, 0.05) is 23.3 Å². The molecular formula is C16H13N5S2. The molecule has 0 bridgehead atoms. The van der Waals surface area contributed by atoms with Crippen LogP contribution >= 0.6 is 22.7 Å². The first kappa shape index (κ1) is 14.2. The highest BCUT2D eigenvalue weighted by atomic mass is 32.1. The predicted octanol–water partition coefficient (Wildman–Crippen LogP) is 3.49. The summed E-state index contributed by atoms with van der Waals surface area (Å²) in [6, 6.07) is 5.67. The molecule has 0 radical (unpaired) electrons. The van der Waals surface area contributed by atoms with Crippen molar-refractivity contribution in [2.75, 3.05) is 0 Å². The van der Waals surface area contributed by atoms with Crippen molar-refractivity contribution < 1.29 is 0 Å². The average Bonchev–Trinajstić information content (AvgIpc) is 3.21. The van der Waals surface area contributed by atoms with E-state index in [-0.39, 0.29) is 6.04 Å². The summed E-state index contributed by atoms with van der Waals surface area (Å²) in [5, 5.41) is 4.80. The van der Waals surface area contributed by atoms with E-state index in [1.165, 1.54) is 11.3 Å². The Bertz CT molecular complexity index is 895. The normalized spacial score (nSPS) is 17.2. The standard InChI is InChI=1S/C16H13N5S2/c1-9-4-5-18-15-11(9)12(10-3-2-7-22-10)20-13(14(17)21-15)16-19-6-8-23-16/h2-8,13H,1H3,(H2,17,18,21). The van der Waals surface area contributed by atoms with Gasteiger partial charge >= 0.3 is 0 Å². The molecule has 5 nitrogen and oxygen atoms in total. The Hall–Kier alpha value is -2.38. The molecular weight excluding hydrogens is 326 g/mol. The molecule has 0 saturated heterocycles. The minimum atomic E-state index is -0.374. The van der Waals surface area contributed by atoms with Gasteiger partial charge in [0.05, 0.1) is 10.6 Å². The molecule has 4 rings (SSSR count). The number of nitrogens with zero attached hydrogens (tertiary/aromatic N) is 4. The van der Waals surface area contributed by atoms with Crippen LogP contribution < -0.4 is 5.73 Å². The van der Waals surface area contributed by atoms with Crippen LogP contribution in [-0.4, -0.2) is 21.5 Å². The van der Waals surface area contributed by atoms with E-state index < -0.39 is 0 Å². The number of thiazole rings is 1. The van der Waals surface area contributed by atoms with Crippen molar-refractivity contribution in [1.82, 2.24) is 9.97 Å². The number of aromatic nitrogens is 2. The van der Waals surface area contributed by atoms with Crippen LogP contribution in [0, 0.1) is 6.92 Å². The molecule has 1 atom stereocenters. The number of rotatable bonds is 2. The summed E-state index contributed by atoms with van der Waals surface area (Å²) in [4.78, 5) is 19.3. The van der Waals surface area contributed by atoms with Gasteiger partial charge in [-0.3, -0.25) is 4.99 Å². The summed E-state index contributed by atoms with van der Waals surface area (Å²) in [6.45, 7) is 2.04. The lowest BCUT2D eigenvalue weighted by atomic mass is 10.0. The van der Waals surface area contributed by atoms with Gasteiger partial charge in [-0.1, -0.05) is 6.07 Å². The van der Waals surface area contributed by atoms with Gasteiger partial charge < -0.3 is 5.73 Å². The van der Waals surface area contributed by atoms with Crippen molar-refractivity contribution in [3.05, 3.63) is 62.4 Å². The predicted molar refractivity (Wildman–Crippen MR) is 95.1 cm³/mol. The number of aryl methyl sites for hydroxylation is 1. The minimum absolute atomic E-state index is 0.374. The first-order chi connectivity index (χ1) is 11.2. The molecule has 1 unspecified atom stereocenters. The van der Waals surface area contributed by atoms with Crippen molar-refractivity contribution >= 4 is 40.0 Å². The fourth-order valence-corrected chi connectivity index (χ4v) is 3.93. The number of nitrogens with two attached hydrogens (primary N) is 1. The number of hydrogen-bond donors (Lipinski definition) is 1. The van der Waals surface area contributed by atoms with Crippen molar-refractivity contribution in [3.63, 3.8) is 0 Å². The summed E-state index contributed by atoms with van der Waals surface area (Å²) < 4.78 is 0. The maximum atomic E-state index is 6.22. The van der Waals surface area contributed by atoms with E-state index in [9.17, 15) is 0 Å². The molecule has 4 heterocycles. The second kappa shape index (κ2) is 5.68. The minimum Gasteiger partial charge on any atom is -0.385 e.